The van der Waals surface area contributed by atoms with Crippen LogP contribution in [0.2, 0.25) is 0 Å². The fraction of sp³-hybridized carbons (Fsp3) is 0.333. The van der Waals surface area contributed by atoms with Gasteiger partial charge in [0.15, 0.2) is 4.60 Å². The van der Waals surface area contributed by atoms with Gasteiger partial charge in [-0.1, -0.05) is 42.5 Å². The van der Waals surface area contributed by atoms with E-state index in [0.29, 0.717) is 6.54 Å². The number of aryl methyl sites for hydroxylation is 1. The molecule has 2 rings (SSSR count). The Balaban J connectivity index is 2.11. The van der Waals surface area contributed by atoms with Crippen LogP contribution in [0.3, 0.4) is 0 Å². The lowest BCUT2D eigenvalue weighted by Crippen LogP contribution is -2.29. The van der Waals surface area contributed by atoms with Gasteiger partial charge in [-0.15, -0.1) is 5.10 Å². The van der Waals surface area contributed by atoms with E-state index in [4.69, 9.17) is 0 Å². The van der Waals surface area contributed by atoms with Gasteiger partial charge in [-0.3, -0.25) is 0 Å². The first-order chi connectivity index (χ1) is 9.42. The molecular weight excluding hydrogens is 344 g/mol. The number of rotatable bonds is 5. The highest BCUT2D eigenvalue weighted by Crippen LogP contribution is 2.19. The largest absolute Gasteiger partial charge is 0.260 e. The molecular formula is C12H15BrN4O2S. The number of nitrogens with one attached hydrogen (secondary N) is 1. The van der Waals surface area contributed by atoms with Crippen LogP contribution in [0.25, 0.3) is 0 Å². The van der Waals surface area contributed by atoms with Crippen molar-refractivity contribution >= 4 is 26.0 Å². The summed E-state index contributed by atoms with van der Waals surface area (Å²) >= 11 is 3.09. The molecule has 1 unspecified atom stereocenters. The predicted octanol–water partition coefficient (Wildman–Crippen LogP) is 1.66. The summed E-state index contributed by atoms with van der Waals surface area (Å²) in [7, 11) is -2.11. The average molecular weight is 359 g/mol. The Morgan fingerprint density at radius 3 is 2.55 bits per heavy atom. The Labute approximate surface area is 126 Å². The van der Waals surface area contributed by atoms with Crippen molar-refractivity contribution in [1.29, 1.82) is 0 Å². The quantitative estimate of drug-likeness (QED) is 0.881. The third-order valence-electron chi connectivity index (χ3n) is 2.94. The van der Waals surface area contributed by atoms with E-state index >= 15 is 0 Å². The lowest BCUT2D eigenvalue weighted by Gasteiger charge is -2.13. The van der Waals surface area contributed by atoms with E-state index in [-0.39, 0.29) is 15.5 Å². The molecule has 1 heterocycles. The van der Waals surface area contributed by atoms with Gasteiger partial charge in [-0.2, -0.15) is 0 Å². The van der Waals surface area contributed by atoms with Crippen molar-refractivity contribution in [3.8, 4) is 0 Å². The predicted molar refractivity (Wildman–Crippen MR) is 78.7 cm³/mol. The van der Waals surface area contributed by atoms with Gasteiger partial charge in [0.05, 0.1) is 0 Å². The van der Waals surface area contributed by atoms with Crippen molar-refractivity contribution in [2.24, 2.45) is 7.05 Å². The van der Waals surface area contributed by atoms with Crippen molar-refractivity contribution in [3.63, 3.8) is 0 Å². The lowest BCUT2D eigenvalue weighted by molar-refractivity contribution is 0.555. The van der Waals surface area contributed by atoms with E-state index in [1.165, 1.54) is 11.7 Å². The molecule has 1 atom stereocenters. The summed E-state index contributed by atoms with van der Waals surface area (Å²) in [5.74, 6) is 0.0749. The first-order valence-corrected chi connectivity index (χ1v) is 8.29. The molecule has 0 aliphatic heterocycles. The highest BCUT2D eigenvalue weighted by molar-refractivity contribution is 9.10. The summed E-state index contributed by atoms with van der Waals surface area (Å²) in [5, 5.41) is 7.37. The molecule has 0 spiro atoms. The Bertz CT molecular complexity index is 665. The van der Waals surface area contributed by atoms with Crippen LogP contribution in [0, 0.1) is 0 Å². The molecule has 0 amide bonds. The van der Waals surface area contributed by atoms with Crippen molar-refractivity contribution in [1.82, 2.24) is 19.7 Å². The van der Waals surface area contributed by atoms with Crippen LogP contribution in [-0.2, 0) is 17.1 Å². The first kappa shape index (κ1) is 15.1. The summed E-state index contributed by atoms with van der Waals surface area (Å²) in [6, 6.07) is 9.74. The van der Waals surface area contributed by atoms with Crippen LogP contribution < -0.4 is 4.72 Å². The molecule has 0 fully saturated rings. The summed E-state index contributed by atoms with van der Waals surface area (Å²) in [6.45, 7) is 2.28. The summed E-state index contributed by atoms with van der Waals surface area (Å²) in [4.78, 5) is 0. The number of aromatic nitrogens is 3. The zero-order valence-corrected chi connectivity index (χ0v) is 13.5. The Kier molecular flexibility index (Phi) is 4.56. The minimum absolute atomic E-state index is 0.0257. The third-order valence-corrected chi connectivity index (χ3v) is 5.25. The molecule has 0 radical (unpaired) electrons. The molecule has 108 valence electrons. The van der Waals surface area contributed by atoms with Gasteiger partial charge in [-0.05, 0) is 27.4 Å². The maximum Gasteiger partial charge on any atom is 0.260 e. The molecule has 0 aliphatic carbocycles. The van der Waals surface area contributed by atoms with Crippen molar-refractivity contribution < 1.29 is 8.42 Å². The second-order valence-corrected chi connectivity index (χ2v) is 6.91. The highest BCUT2D eigenvalue weighted by atomic mass is 79.9. The third kappa shape index (κ3) is 3.25. The Hall–Kier alpha value is -1.25. The fourth-order valence-electron chi connectivity index (χ4n) is 1.81. The zero-order chi connectivity index (χ0) is 14.8. The molecule has 0 saturated heterocycles. The highest BCUT2D eigenvalue weighted by Gasteiger charge is 2.24. The molecule has 20 heavy (non-hydrogen) atoms. The standard InChI is InChI=1S/C12H15BrN4O2S/c1-9(10-6-4-3-5-7-10)8-14-20(18,19)12-11(13)15-16-17(12)2/h3-7,9,14H,8H2,1-2H3. The zero-order valence-electron chi connectivity index (χ0n) is 11.1. The number of hydrogen-bond acceptors (Lipinski definition) is 4. The molecule has 1 N–H and O–H groups in total. The molecule has 2 aromatic rings. The molecule has 0 aliphatic rings. The Morgan fingerprint density at radius 2 is 2.00 bits per heavy atom. The van der Waals surface area contributed by atoms with E-state index in [1.807, 2.05) is 37.3 Å². The summed E-state index contributed by atoms with van der Waals surface area (Å²) in [6.07, 6.45) is 0. The number of benzene rings is 1. The summed E-state index contributed by atoms with van der Waals surface area (Å²) in [5.41, 5.74) is 1.08. The van der Waals surface area contributed by atoms with Crippen molar-refractivity contribution in [2.45, 2.75) is 17.9 Å². The number of nitrogens with zero attached hydrogens (tertiary/aromatic N) is 3. The van der Waals surface area contributed by atoms with Crippen LogP contribution in [0.1, 0.15) is 18.4 Å². The molecule has 0 saturated carbocycles. The fourth-order valence-corrected chi connectivity index (χ4v) is 4.03. The van der Waals surface area contributed by atoms with Crippen LogP contribution in [0.4, 0.5) is 0 Å². The van der Waals surface area contributed by atoms with Crippen LogP contribution in [0.5, 0.6) is 0 Å². The van der Waals surface area contributed by atoms with Gasteiger partial charge >= 0.3 is 0 Å². The molecule has 6 nitrogen and oxygen atoms in total. The topological polar surface area (TPSA) is 76.9 Å². The van der Waals surface area contributed by atoms with Gasteiger partial charge in [0.25, 0.3) is 10.0 Å². The van der Waals surface area contributed by atoms with E-state index in [1.54, 1.807) is 0 Å². The first-order valence-electron chi connectivity index (χ1n) is 6.01. The molecule has 1 aromatic heterocycles. The van der Waals surface area contributed by atoms with Gasteiger partial charge < -0.3 is 0 Å². The maximum atomic E-state index is 12.2. The Morgan fingerprint density at radius 1 is 1.35 bits per heavy atom. The smallest absolute Gasteiger partial charge is 0.235 e. The minimum atomic E-state index is -3.64. The van der Waals surface area contributed by atoms with E-state index in [0.717, 1.165) is 5.56 Å². The number of halogens is 1. The molecule has 1 aromatic carbocycles. The van der Waals surface area contributed by atoms with Gasteiger partial charge in [0, 0.05) is 13.6 Å². The summed E-state index contributed by atoms with van der Waals surface area (Å²) < 4.78 is 28.5. The maximum absolute atomic E-state index is 12.2. The van der Waals surface area contributed by atoms with Gasteiger partial charge in [0.2, 0.25) is 5.03 Å². The lowest BCUT2D eigenvalue weighted by atomic mass is 10.0. The monoisotopic (exact) mass is 358 g/mol. The van der Waals surface area contributed by atoms with Crippen LogP contribution in [0.15, 0.2) is 40.0 Å². The second-order valence-electron chi connectivity index (χ2n) is 4.47. The van der Waals surface area contributed by atoms with Crippen molar-refractivity contribution in [3.05, 3.63) is 40.5 Å². The molecule has 0 bridgehead atoms. The normalized spacial score (nSPS) is 13.3. The average Bonchev–Trinajstić information content (AvgIpc) is 2.77. The van der Waals surface area contributed by atoms with Gasteiger partial charge in [-0.25, -0.2) is 17.8 Å². The van der Waals surface area contributed by atoms with E-state index in [2.05, 4.69) is 31.0 Å². The SMILES string of the molecule is CC(CNS(=O)(=O)c1c(Br)nnn1C)c1ccccc1. The van der Waals surface area contributed by atoms with Crippen LogP contribution >= 0.6 is 15.9 Å². The molecule has 8 heteroatoms. The van der Waals surface area contributed by atoms with E-state index < -0.39 is 10.0 Å². The van der Waals surface area contributed by atoms with Gasteiger partial charge in [0.1, 0.15) is 0 Å². The number of sulfonamides is 1. The van der Waals surface area contributed by atoms with E-state index in [9.17, 15) is 8.42 Å². The second kappa shape index (κ2) is 6.02. The van der Waals surface area contributed by atoms with Crippen LogP contribution in [-0.4, -0.2) is 30.0 Å². The number of hydrogen-bond donors (Lipinski definition) is 1. The minimum Gasteiger partial charge on any atom is -0.235 e. The van der Waals surface area contributed by atoms with Crippen molar-refractivity contribution in [2.75, 3.05) is 6.54 Å².